The van der Waals surface area contributed by atoms with E-state index in [4.69, 9.17) is 14.6 Å². The second kappa shape index (κ2) is 16.3. The Kier molecular flexibility index (Phi) is 8.74. The molecule has 1 radical (unpaired) electrons. The van der Waals surface area contributed by atoms with E-state index >= 15 is 0 Å². The van der Waals surface area contributed by atoms with Crippen LogP contribution in [0.1, 0.15) is 46.0 Å². The van der Waals surface area contributed by atoms with Gasteiger partial charge in [-0.2, -0.15) is 0 Å². The summed E-state index contributed by atoms with van der Waals surface area (Å²) in [5.41, 5.74) is 11.2. The van der Waals surface area contributed by atoms with Gasteiger partial charge in [-0.3, -0.25) is 16.3 Å². The number of aryl methyl sites for hydroxylation is 2. The van der Waals surface area contributed by atoms with Crippen LogP contribution in [0, 0.1) is 25.2 Å². The number of thiophene rings is 1. The molecule has 9 aromatic rings. The van der Waals surface area contributed by atoms with Crippen molar-refractivity contribution >= 4 is 32.5 Å². The number of benzene rings is 6. The Morgan fingerprint density at radius 2 is 1.41 bits per heavy atom. The number of nitrogens with zero attached hydrogens (tertiary/aromatic N) is 3. The molecule has 54 heavy (non-hydrogen) atoms. The van der Waals surface area contributed by atoms with Gasteiger partial charge in [0.05, 0.1) is 22.5 Å². The first-order valence-corrected chi connectivity index (χ1v) is 18.1. The minimum absolute atomic E-state index is 0. The van der Waals surface area contributed by atoms with Crippen molar-refractivity contribution in [3.63, 3.8) is 0 Å². The molecule has 267 valence electrons. The van der Waals surface area contributed by atoms with Gasteiger partial charge in [0.2, 0.25) is 0 Å². The van der Waals surface area contributed by atoms with Crippen LogP contribution in [0.2, 0.25) is 0 Å². The zero-order valence-electron chi connectivity index (χ0n) is 36.6. The van der Waals surface area contributed by atoms with E-state index in [1.54, 1.807) is 23.5 Å². The molecule has 0 bridgehead atoms. The van der Waals surface area contributed by atoms with E-state index in [0.717, 1.165) is 66.0 Å². The van der Waals surface area contributed by atoms with E-state index in [-0.39, 0.29) is 31.2 Å². The summed E-state index contributed by atoms with van der Waals surface area (Å²) in [4.78, 5) is 9.30. The quantitative estimate of drug-likeness (QED) is 0.156. The van der Waals surface area contributed by atoms with Gasteiger partial charge in [-0.05, 0) is 47.3 Å². The Morgan fingerprint density at radius 1 is 0.722 bits per heavy atom. The van der Waals surface area contributed by atoms with Crippen LogP contribution in [0.25, 0.3) is 71.7 Å². The molecule has 0 fully saturated rings. The van der Waals surface area contributed by atoms with Gasteiger partial charge >= 0.3 is 0 Å². The van der Waals surface area contributed by atoms with E-state index in [1.807, 2.05) is 19.9 Å². The zero-order valence-corrected chi connectivity index (χ0v) is 32.8. The molecule has 0 unspecified atom stereocenters. The maximum Gasteiger partial charge on any atom is 0.0774 e. The van der Waals surface area contributed by atoms with Gasteiger partial charge in [-0.1, -0.05) is 157 Å². The van der Waals surface area contributed by atoms with Crippen LogP contribution in [-0.2, 0) is 20.1 Å². The summed E-state index contributed by atoms with van der Waals surface area (Å²) < 4.78 is 55.6. The van der Waals surface area contributed by atoms with E-state index in [1.165, 1.54) is 24.4 Å². The number of imidazole rings is 1. The molecule has 9 rings (SSSR count). The van der Waals surface area contributed by atoms with Gasteiger partial charge < -0.3 is 9.55 Å². The third-order valence-corrected chi connectivity index (χ3v) is 10.0. The van der Waals surface area contributed by atoms with Crippen LogP contribution < -0.4 is 0 Å². The van der Waals surface area contributed by atoms with Crippen LogP contribution in [0.5, 0.6) is 0 Å². The standard InChI is InChI=1S/C36H27N2S.C13H12N.Ir/c1-24(2)27-20-21-30-31(23-39-34(30)22-27)36-37-32-18-9-10-19-33(32)38(36)35-28(25-12-5-3-6-13-25)16-11-17-29(35)26-14-7-4-8-15-26;1-10-3-6-12(7-4-10)13-8-5-11(2)9-14-13;/h3-22,24H,1-2H3;3-6,8-9H,1-2H3;/q2*-1;/i24D;1D3,2D3;. The largest absolute Gasteiger partial charge is 0.332 e. The summed E-state index contributed by atoms with van der Waals surface area (Å²) in [7, 11) is 0. The second-order valence-electron chi connectivity index (χ2n) is 12.9. The molecular formula is C49H39IrN3S-2. The third kappa shape index (κ3) is 7.49. The fourth-order valence-corrected chi connectivity index (χ4v) is 7.37. The van der Waals surface area contributed by atoms with E-state index in [9.17, 15) is 0 Å². The van der Waals surface area contributed by atoms with Crippen LogP contribution in [0.4, 0.5) is 0 Å². The zero-order chi connectivity index (χ0) is 42.2. The first-order chi connectivity index (χ1) is 28.7. The molecule has 6 aromatic carbocycles. The molecule has 5 heteroatoms. The molecule has 0 aliphatic heterocycles. The first kappa shape index (κ1) is 29.0. The number of hydrogen-bond acceptors (Lipinski definition) is 3. The molecular weight excluding hydrogens is 855 g/mol. The number of fused-ring (bicyclic) bond motifs is 2. The molecule has 0 amide bonds. The normalized spacial score (nSPS) is 13.6. The maximum atomic E-state index is 8.53. The molecule has 3 heterocycles. The van der Waals surface area contributed by atoms with Crippen LogP contribution in [0.3, 0.4) is 0 Å². The van der Waals surface area contributed by atoms with Gasteiger partial charge in [0.1, 0.15) is 0 Å². The Hall–Kier alpha value is -5.45. The van der Waals surface area contributed by atoms with Crippen LogP contribution >= 0.6 is 11.3 Å². The predicted octanol–water partition coefficient (Wildman–Crippen LogP) is 13.3. The predicted molar refractivity (Wildman–Crippen MR) is 224 cm³/mol. The van der Waals surface area contributed by atoms with Gasteiger partial charge in [0.25, 0.3) is 0 Å². The van der Waals surface area contributed by atoms with E-state index in [0.29, 0.717) is 11.3 Å². The van der Waals surface area contributed by atoms with E-state index in [2.05, 4.69) is 136 Å². The van der Waals surface area contributed by atoms with Crippen LogP contribution in [-0.4, -0.2) is 14.5 Å². The molecule has 0 saturated carbocycles. The minimum Gasteiger partial charge on any atom is -0.332 e. The molecule has 3 aromatic heterocycles. The van der Waals surface area contributed by atoms with Gasteiger partial charge in [-0.25, -0.2) is 0 Å². The summed E-state index contributed by atoms with van der Waals surface area (Å²) in [6.45, 7) is -0.483. The molecule has 0 aliphatic rings. The average Bonchev–Trinajstić information content (AvgIpc) is 3.85. The average molecular weight is 901 g/mol. The van der Waals surface area contributed by atoms with Crippen molar-refractivity contribution in [1.29, 1.82) is 0 Å². The van der Waals surface area contributed by atoms with Crippen molar-refractivity contribution in [2.45, 2.75) is 33.4 Å². The van der Waals surface area contributed by atoms with Gasteiger partial charge in [-0.15, -0.1) is 46.8 Å². The summed E-state index contributed by atoms with van der Waals surface area (Å²) in [6.07, 6.45) is 1.30. The third-order valence-electron chi connectivity index (χ3n) is 9.16. The van der Waals surface area contributed by atoms with Crippen molar-refractivity contribution in [1.82, 2.24) is 14.5 Å². The summed E-state index contributed by atoms with van der Waals surface area (Å²) in [5.74, 6) is 0.205. The number of para-hydroxylation sites is 3. The number of rotatable bonds is 6. The fourth-order valence-electron chi connectivity index (χ4n) is 6.49. The first-order valence-electron chi connectivity index (χ1n) is 20.8. The molecule has 0 atom stereocenters. The van der Waals surface area contributed by atoms with Gasteiger partial charge in [0.15, 0.2) is 0 Å². The van der Waals surface area contributed by atoms with Crippen molar-refractivity contribution in [2.75, 3.05) is 0 Å². The second-order valence-corrected chi connectivity index (χ2v) is 13.8. The molecule has 0 aliphatic carbocycles. The van der Waals surface area contributed by atoms with Gasteiger partial charge in [0, 0.05) is 47.0 Å². The summed E-state index contributed by atoms with van der Waals surface area (Å²) in [6, 6.07) is 52.8. The smallest absolute Gasteiger partial charge is 0.0774 e. The SMILES string of the molecule is [2H]C(C)(C)c1ccc2c(-c3nc4ccccc4n3-c3c(-c4ccccc4)cccc3-c3ccccc3)[c-]sc2c1.[2H]C([2H])([2H])c1c[c-]c(-c2ccc(C([2H])([2H])[2H])cn2)cc1.[Ir]. The van der Waals surface area contributed by atoms with Crippen LogP contribution in [0.15, 0.2) is 158 Å². The summed E-state index contributed by atoms with van der Waals surface area (Å²) >= 11 is 1.59. The number of aromatic nitrogens is 3. The number of pyridine rings is 1. The van der Waals surface area contributed by atoms with Crippen molar-refractivity contribution in [2.24, 2.45) is 0 Å². The number of hydrogen-bond donors (Lipinski definition) is 0. The molecule has 3 nitrogen and oxygen atoms in total. The maximum absolute atomic E-state index is 8.53. The Bertz CT molecular complexity index is 2800. The van der Waals surface area contributed by atoms with Crippen molar-refractivity contribution < 1.29 is 29.7 Å². The minimum atomic E-state index is -2.18. The Morgan fingerprint density at radius 3 is 2.04 bits per heavy atom. The van der Waals surface area contributed by atoms with Crippen molar-refractivity contribution in [3.8, 4) is 50.6 Å². The molecule has 0 spiro atoms. The topological polar surface area (TPSA) is 30.7 Å². The molecule has 0 N–H and O–H groups in total. The van der Waals surface area contributed by atoms with E-state index < -0.39 is 19.6 Å². The molecule has 0 saturated heterocycles. The Balaban J connectivity index is 0.000000226. The summed E-state index contributed by atoms with van der Waals surface area (Å²) in [5, 5.41) is 4.70. The monoisotopic (exact) mass is 901 g/mol. The Labute approximate surface area is 345 Å². The fraction of sp³-hybridized carbons (Fsp3) is 0.102. The van der Waals surface area contributed by atoms with Crippen molar-refractivity contribution in [3.05, 3.63) is 186 Å².